The van der Waals surface area contributed by atoms with E-state index in [1.807, 2.05) is 6.92 Å². The summed E-state index contributed by atoms with van der Waals surface area (Å²) in [5.74, 6) is 1.39. The Balaban J connectivity index is 4.58. The van der Waals surface area contributed by atoms with E-state index in [0.29, 0.717) is 17.8 Å². The van der Waals surface area contributed by atoms with Crippen molar-refractivity contribution in [2.45, 2.75) is 53.2 Å². The van der Waals surface area contributed by atoms with Gasteiger partial charge in [-0.05, 0) is 31.6 Å². The standard InChI is InChI=1S/C13H28O2/c1-10(2)8-12(9-11(3)4)13(5,14-6)15-7/h10-12H,8-9H2,1-7H3. The fourth-order valence-electron chi connectivity index (χ4n) is 2.08. The molecule has 0 heterocycles. The molecule has 15 heavy (non-hydrogen) atoms. The highest BCUT2D eigenvalue weighted by Gasteiger charge is 2.34. The summed E-state index contributed by atoms with van der Waals surface area (Å²) in [4.78, 5) is 0. The first-order chi connectivity index (χ1) is 6.85. The van der Waals surface area contributed by atoms with Crippen molar-refractivity contribution in [3.05, 3.63) is 0 Å². The van der Waals surface area contributed by atoms with Gasteiger partial charge in [0.1, 0.15) is 0 Å². The summed E-state index contributed by atoms with van der Waals surface area (Å²) in [6.07, 6.45) is 2.30. The predicted octanol–water partition coefficient (Wildman–Crippen LogP) is 3.70. The molecule has 2 nitrogen and oxygen atoms in total. The van der Waals surface area contributed by atoms with Gasteiger partial charge in [-0.3, -0.25) is 0 Å². The van der Waals surface area contributed by atoms with Crippen LogP contribution < -0.4 is 0 Å². The van der Waals surface area contributed by atoms with Crippen molar-refractivity contribution >= 4 is 0 Å². The maximum Gasteiger partial charge on any atom is 0.167 e. The number of hydrogen-bond donors (Lipinski definition) is 0. The van der Waals surface area contributed by atoms with E-state index in [2.05, 4.69) is 27.7 Å². The van der Waals surface area contributed by atoms with Crippen LogP contribution in [0.3, 0.4) is 0 Å². The van der Waals surface area contributed by atoms with Crippen LogP contribution in [0, 0.1) is 17.8 Å². The maximum absolute atomic E-state index is 5.53. The second kappa shape index (κ2) is 6.49. The van der Waals surface area contributed by atoms with Crippen LogP contribution in [0.4, 0.5) is 0 Å². The van der Waals surface area contributed by atoms with Crippen molar-refractivity contribution in [2.75, 3.05) is 14.2 Å². The molecule has 0 spiro atoms. The van der Waals surface area contributed by atoms with Gasteiger partial charge in [-0.25, -0.2) is 0 Å². The van der Waals surface area contributed by atoms with Crippen LogP contribution in [-0.4, -0.2) is 20.0 Å². The minimum absolute atomic E-state index is 0.436. The van der Waals surface area contributed by atoms with Crippen molar-refractivity contribution in [3.63, 3.8) is 0 Å². The highest BCUT2D eigenvalue weighted by atomic mass is 16.7. The topological polar surface area (TPSA) is 18.5 Å². The maximum atomic E-state index is 5.53. The van der Waals surface area contributed by atoms with Gasteiger partial charge >= 0.3 is 0 Å². The predicted molar refractivity (Wildman–Crippen MR) is 64.8 cm³/mol. The molecule has 0 N–H and O–H groups in total. The van der Waals surface area contributed by atoms with E-state index in [-0.39, 0.29) is 0 Å². The second-order valence-electron chi connectivity index (χ2n) is 5.38. The normalized spacial score (nSPS) is 13.2. The Morgan fingerprint density at radius 3 is 1.40 bits per heavy atom. The largest absolute Gasteiger partial charge is 0.353 e. The van der Waals surface area contributed by atoms with E-state index in [1.54, 1.807) is 14.2 Å². The van der Waals surface area contributed by atoms with Gasteiger partial charge in [0.15, 0.2) is 5.79 Å². The van der Waals surface area contributed by atoms with Gasteiger partial charge in [0, 0.05) is 20.1 Å². The first-order valence-corrected chi connectivity index (χ1v) is 5.96. The van der Waals surface area contributed by atoms with Crippen molar-refractivity contribution < 1.29 is 9.47 Å². The summed E-state index contributed by atoms with van der Waals surface area (Å²) in [6.45, 7) is 11.0. The van der Waals surface area contributed by atoms with Crippen LogP contribution in [0.2, 0.25) is 0 Å². The van der Waals surface area contributed by atoms with Crippen molar-refractivity contribution in [1.29, 1.82) is 0 Å². The van der Waals surface area contributed by atoms with E-state index >= 15 is 0 Å². The molecule has 0 aliphatic carbocycles. The molecule has 0 amide bonds. The average Bonchev–Trinajstić information content (AvgIpc) is 2.14. The van der Waals surface area contributed by atoms with Crippen LogP contribution in [0.25, 0.3) is 0 Å². The quantitative estimate of drug-likeness (QED) is 0.604. The smallest absolute Gasteiger partial charge is 0.167 e. The zero-order valence-electron chi connectivity index (χ0n) is 11.5. The van der Waals surface area contributed by atoms with Gasteiger partial charge in [-0.15, -0.1) is 0 Å². The molecule has 0 bridgehead atoms. The molecule has 0 unspecified atom stereocenters. The third kappa shape index (κ3) is 4.98. The Labute approximate surface area is 95.3 Å². The number of methoxy groups -OCH3 is 2. The van der Waals surface area contributed by atoms with E-state index in [0.717, 1.165) is 12.8 Å². The van der Waals surface area contributed by atoms with Crippen LogP contribution in [0.1, 0.15) is 47.5 Å². The Kier molecular flexibility index (Phi) is 6.46. The van der Waals surface area contributed by atoms with Crippen LogP contribution in [0.15, 0.2) is 0 Å². The van der Waals surface area contributed by atoms with E-state index in [1.165, 1.54) is 0 Å². The lowest BCUT2D eigenvalue weighted by atomic mass is 9.83. The molecule has 92 valence electrons. The van der Waals surface area contributed by atoms with Crippen molar-refractivity contribution in [3.8, 4) is 0 Å². The molecule has 0 aromatic heterocycles. The molecular weight excluding hydrogens is 188 g/mol. The van der Waals surface area contributed by atoms with E-state index in [4.69, 9.17) is 9.47 Å². The SMILES string of the molecule is COC(C)(OC)C(CC(C)C)CC(C)C. The molecule has 0 aromatic carbocycles. The highest BCUT2D eigenvalue weighted by Crippen LogP contribution is 2.33. The third-order valence-electron chi connectivity index (χ3n) is 3.06. The Morgan fingerprint density at radius 2 is 1.20 bits per heavy atom. The third-order valence-corrected chi connectivity index (χ3v) is 3.06. The van der Waals surface area contributed by atoms with Gasteiger partial charge in [-0.2, -0.15) is 0 Å². The first-order valence-electron chi connectivity index (χ1n) is 5.96. The molecule has 0 saturated heterocycles. The molecule has 0 aliphatic heterocycles. The molecule has 0 radical (unpaired) electrons. The van der Waals surface area contributed by atoms with E-state index < -0.39 is 5.79 Å². The average molecular weight is 216 g/mol. The highest BCUT2D eigenvalue weighted by molar-refractivity contribution is 4.77. The molecule has 0 atom stereocenters. The second-order valence-corrected chi connectivity index (χ2v) is 5.38. The van der Waals surface area contributed by atoms with Crippen molar-refractivity contribution in [1.82, 2.24) is 0 Å². The lowest BCUT2D eigenvalue weighted by Gasteiger charge is -2.37. The van der Waals surface area contributed by atoms with Crippen molar-refractivity contribution in [2.24, 2.45) is 17.8 Å². The van der Waals surface area contributed by atoms with Gasteiger partial charge in [0.2, 0.25) is 0 Å². The minimum atomic E-state index is -0.436. The summed E-state index contributed by atoms with van der Waals surface area (Å²) < 4.78 is 11.1. The lowest BCUT2D eigenvalue weighted by Crippen LogP contribution is -2.40. The monoisotopic (exact) mass is 216 g/mol. The fraction of sp³-hybridized carbons (Fsp3) is 1.00. The Bertz CT molecular complexity index is 150. The van der Waals surface area contributed by atoms with Gasteiger partial charge in [0.25, 0.3) is 0 Å². The molecule has 0 fully saturated rings. The fourth-order valence-corrected chi connectivity index (χ4v) is 2.08. The Morgan fingerprint density at radius 1 is 0.867 bits per heavy atom. The summed E-state index contributed by atoms with van der Waals surface area (Å²) in [5, 5.41) is 0. The molecule has 2 heteroatoms. The summed E-state index contributed by atoms with van der Waals surface area (Å²) in [6, 6.07) is 0. The Hall–Kier alpha value is -0.0800. The summed E-state index contributed by atoms with van der Waals surface area (Å²) in [5.41, 5.74) is 0. The molecular formula is C13H28O2. The molecule has 0 rings (SSSR count). The summed E-state index contributed by atoms with van der Waals surface area (Å²) >= 11 is 0. The number of ether oxygens (including phenoxy) is 2. The van der Waals surface area contributed by atoms with Gasteiger partial charge in [0.05, 0.1) is 0 Å². The minimum Gasteiger partial charge on any atom is -0.353 e. The van der Waals surface area contributed by atoms with Crippen LogP contribution in [-0.2, 0) is 9.47 Å². The number of hydrogen-bond acceptors (Lipinski definition) is 2. The van der Waals surface area contributed by atoms with Crippen LogP contribution >= 0.6 is 0 Å². The zero-order valence-corrected chi connectivity index (χ0v) is 11.5. The van der Waals surface area contributed by atoms with Gasteiger partial charge in [-0.1, -0.05) is 27.7 Å². The van der Waals surface area contributed by atoms with Crippen LogP contribution in [0.5, 0.6) is 0 Å². The first kappa shape index (κ1) is 14.9. The molecule has 0 aliphatic rings. The van der Waals surface area contributed by atoms with Gasteiger partial charge < -0.3 is 9.47 Å². The number of rotatable bonds is 7. The lowest BCUT2D eigenvalue weighted by molar-refractivity contribution is -0.232. The molecule has 0 saturated carbocycles. The molecule has 0 aromatic rings. The summed E-state index contributed by atoms with van der Waals surface area (Å²) in [7, 11) is 3.47. The van der Waals surface area contributed by atoms with E-state index in [9.17, 15) is 0 Å². The zero-order chi connectivity index (χ0) is 12.1.